The number of rotatable bonds is 4. The summed E-state index contributed by atoms with van der Waals surface area (Å²) < 4.78 is 32.3. The third-order valence-electron chi connectivity index (χ3n) is 3.95. The Labute approximate surface area is 120 Å². The third kappa shape index (κ3) is 2.68. The zero-order chi connectivity index (χ0) is 15.0. The van der Waals surface area contributed by atoms with Gasteiger partial charge in [-0.05, 0) is 43.0 Å². The average molecular weight is 298 g/mol. The van der Waals surface area contributed by atoms with Crippen molar-refractivity contribution in [2.75, 3.05) is 26.7 Å². The summed E-state index contributed by atoms with van der Waals surface area (Å²) >= 11 is 0. The molecule has 0 spiro atoms. The van der Waals surface area contributed by atoms with Crippen molar-refractivity contribution >= 4 is 10.0 Å². The number of benzene rings is 1. The summed E-state index contributed by atoms with van der Waals surface area (Å²) in [6.45, 7) is 5.35. The quantitative estimate of drug-likeness (QED) is 0.911. The molecule has 2 rings (SSSR count). The van der Waals surface area contributed by atoms with Crippen molar-refractivity contribution in [2.45, 2.75) is 25.2 Å². The van der Waals surface area contributed by atoms with Gasteiger partial charge in [0.05, 0.1) is 7.11 Å². The second kappa shape index (κ2) is 5.35. The highest BCUT2D eigenvalue weighted by Gasteiger charge is 2.39. The Hall–Kier alpha value is -1.11. The first-order chi connectivity index (χ1) is 9.32. The predicted octanol–water partition coefficient (Wildman–Crippen LogP) is 1.36. The Balaban J connectivity index is 2.39. The average Bonchev–Trinajstić information content (AvgIpc) is 2.83. The maximum atomic E-state index is 12.8. The second-order valence-corrected chi connectivity index (χ2v) is 7.66. The van der Waals surface area contributed by atoms with Crippen LogP contribution >= 0.6 is 0 Å². The molecule has 1 heterocycles. The molecule has 112 valence electrons. The fourth-order valence-corrected chi connectivity index (χ4v) is 4.31. The number of nitrogens with two attached hydrogens (primary N) is 1. The normalized spacial score (nSPS) is 24.0. The summed E-state index contributed by atoms with van der Waals surface area (Å²) in [6, 6.07) is 5.19. The second-order valence-electron chi connectivity index (χ2n) is 5.76. The molecule has 1 aliphatic rings. The number of nitrogens with zero attached hydrogens (tertiary/aromatic N) is 1. The summed E-state index contributed by atoms with van der Waals surface area (Å²) in [5.41, 5.74) is 6.51. The van der Waals surface area contributed by atoms with E-state index < -0.39 is 10.0 Å². The first kappa shape index (κ1) is 15.3. The molecule has 0 amide bonds. The monoisotopic (exact) mass is 298 g/mol. The lowest BCUT2D eigenvalue weighted by Gasteiger charge is -2.23. The van der Waals surface area contributed by atoms with Crippen molar-refractivity contribution in [2.24, 2.45) is 11.1 Å². The number of sulfonamides is 1. The molecule has 6 heteroatoms. The van der Waals surface area contributed by atoms with Crippen molar-refractivity contribution in [3.63, 3.8) is 0 Å². The first-order valence-corrected chi connectivity index (χ1v) is 8.11. The highest BCUT2D eigenvalue weighted by Crippen LogP contribution is 2.35. The maximum absolute atomic E-state index is 12.8. The minimum atomic E-state index is -3.53. The first-order valence-electron chi connectivity index (χ1n) is 6.67. The zero-order valence-corrected chi connectivity index (χ0v) is 13.0. The predicted molar refractivity (Wildman–Crippen MR) is 78.3 cm³/mol. The lowest BCUT2D eigenvalue weighted by molar-refractivity contribution is 0.348. The van der Waals surface area contributed by atoms with Gasteiger partial charge in [0.15, 0.2) is 0 Å². The topological polar surface area (TPSA) is 72.6 Å². The molecule has 1 saturated heterocycles. The molecule has 1 atom stereocenters. The van der Waals surface area contributed by atoms with Crippen LogP contribution in [0.5, 0.6) is 5.75 Å². The molecule has 0 radical (unpaired) electrons. The molecule has 2 N–H and O–H groups in total. The van der Waals surface area contributed by atoms with Crippen LogP contribution in [-0.2, 0) is 10.0 Å². The molecule has 1 unspecified atom stereocenters. The lowest BCUT2D eigenvalue weighted by atomic mass is 9.90. The fraction of sp³-hybridized carbons (Fsp3) is 0.571. The SMILES string of the molecule is COc1ccc(C)cc1S(=O)(=O)N1CCC(C)(CN)C1. The Morgan fingerprint density at radius 1 is 1.45 bits per heavy atom. The highest BCUT2D eigenvalue weighted by molar-refractivity contribution is 7.89. The van der Waals surface area contributed by atoms with Crippen LogP contribution in [0.3, 0.4) is 0 Å². The van der Waals surface area contributed by atoms with Gasteiger partial charge in [0.2, 0.25) is 10.0 Å². The summed E-state index contributed by atoms with van der Waals surface area (Å²) in [5, 5.41) is 0. The van der Waals surface area contributed by atoms with E-state index >= 15 is 0 Å². The Bertz CT molecular complexity index is 600. The Kier molecular flexibility index (Phi) is 4.09. The maximum Gasteiger partial charge on any atom is 0.246 e. The van der Waals surface area contributed by atoms with E-state index in [1.165, 1.54) is 11.4 Å². The van der Waals surface area contributed by atoms with Crippen LogP contribution in [0.1, 0.15) is 18.9 Å². The molecular formula is C14H22N2O3S. The van der Waals surface area contributed by atoms with E-state index in [-0.39, 0.29) is 10.3 Å². The van der Waals surface area contributed by atoms with E-state index in [2.05, 4.69) is 0 Å². The van der Waals surface area contributed by atoms with Gasteiger partial charge in [-0.3, -0.25) is 0 Å². The van der Waals surface area contributed by atoms with E-state index in [4.69, 9.17) is 10.5 Å². The smallest absolute Gasteiger partial charge is 0.246 e. The van der Waals surface area contributed by atoms with Crippen LogP contribution in [0.4, 0.5) is 0 Å². The van der Waals surface area contributed by atoms with Crippen LogP contribution in [0.25, 0.3) is 0 Å². The standard InChI is InChI=1S/C14H22N2O3S/c1-11-4-5-12(19-3)13(8-11)20(17,18)16-7-6-14(2,9-15)10-16/h4-5,8H,6-7,9-10,15H2,1-3H3. The minimum Gasteiger partial charge on any atom is -0.495 e. The Morgan fingerprint density at radius 3 is 2.70 bits per heavy atom. The number of aryl methyl sites for hydroxylation is 1. The molecule has 1 fully saturated rings. The molecule has 1 aliphatic heterocycles. The number of hydrogen-bond donors (Lipinski definition) is 1. The van der Waals surface area contributed by atoms with Crippen LogP contribution < -0.4 is 10.5 Å². The molecule has 0 saturated carbocycles. The van der Waals surface area contributed by atoms with Crippen molar-refractivity contribution in [1.82, 2.24) is 4.31 Å². The van der Waals surface area contributed by atoms with E-state index in [1.54, 1.807) is 12.1 Å². The molecule has 5 nitrogen and oxygen atoms in total. The van der Waals surface area contributed by atoms with E-state index in [0.29, 0.717) is 25.4 Å². The molecule has 0 aliphatic carbocycles. The van der Waals surface area contributed by atoms with Gasteiger partial charge in [-0.2, -0.15) is 4.31 Å². The molecule has 1 aromatic rings. The molecular weight excluding hydrogens is 276 g/mol. The van der Waals surface area contributed by atoms with Gasteiger partial charge in [-0.15, -0.1) is 0 Å². The lowest BCUT2D eigenvalue weighted by Crippen LogP contribution is -2.34. The molecule has 1 aromatic carbocycles. The van der Waals surface area contributed by atoms with Crippen LogP contribution in [0, 0.1) is 12.3 Å². The summed E-state index contributed by atoms with van der Waals surface area (Å²) in [7, 11) is -2.05. The van der Waals surface area contributed by atoms with Gasteiger partial charge in [0.25, 0.3) is 0 Å². The van der Waals surface area contributed by atoms with E-state index in [0.717, 1.165) is 12.0 Å². The zero-order valence-electron chi connectivity index (χ0n) is 12.2. The highest BCUT2D eigenvalue weighted by atomic mass is 32.2. The number of methoxy groups -OCH3 is 1. The summed E-state index contributed by atoms with van der Waals surface area (Å²) in [6.07, 6.45) is 0.789. The van der Waals surface area contributed by atoms with Gasteiger partial charge in [-0.25, -0.2) is 8.42 Å². The largest absolute Gasteiger partial charge is 0.495 e. The van der Waals surface area contributed by atoms with Crippen LogP contribution in [0.2, 0.25) is 0 Å². The van der Waals surface area contributed by atoms with Crippen molar-refractivity contribution in [3.05, 3.63) is 23.8 Å². The van der Waals surface area contributed by atoms with Crippen LogP contribution in [-0.4, -0.2) is 39.5 Å². The number of hydrogen-bond acceptors (Lipinski definition) is 4. The molecule has 0 bridgehead atoms. The molecule has 0 aromatic heterocycles. The van der Waals surface area contributed by atoms with E-state index in [1.807, 2.05) is 19.9 Å². The third-order valence-corrected chi connectivity index (χ3v) is 5.82. The number of ether oxygens (including phenoxy) is 1. The van der Waals surface area contributed by atoms with Gasteiger partial charge in [0, 0.05) is 13.1 Å². The van der Waals surface area contributed by atoms with Crippen molar-refractivity contribution < 1.29 is 13.2 Å². The van der Waals surface area contributed by atoms with Gasteiger partial charge in [-0.1, -0.05) is 13.0 Å². The minimum absolute atomic E-state index is 0.135. The van der Waals surface area contributed by atoms with Gasteiger partial charge < -0.3 is 10.5 Å². The Morgan fingerprint density at radius 2 is 2.15 bits per heavy atom. The molecule has 20 heavy (non-hydrogen) atoms. The van der Waals surface area contributed by atoms with Gasteiger partial charge >= 0.3 is 0 Å². The summed E-state index contributed by atoms with van der Waals surface area (Å²) in [5.74, 6) is 0.386. The van der Waals surface area contributed by atoms with Crippen molar-refractivity contribution in [1.29, 1.82) is 0 Å². The van der Waals surface area contributed by atoms with E-state index in [9.17, 15) is 8.42 Å². The van der Waals surface area contributed by atoms with Crippen LogP contribution in [0.15, 0.2) is 23.1 Å². The van der Waals surface area contributed by atoms with Gasteiger partial charge in [0.1, 0.15) is 10.6 Å². The van der Waals surface area contributed by atoms with Crippen molar-refractivity contribution in [3.8, 4) is 5.75 Å². The fourth-order valence-electron chi connectivity index (χ4n) is 2.47. The summed E-state index contributed by atoms with van der Waals surface area (Å²) in [4.78, 5) is 0.237.